The fourth-order valence-corrected chi connectivity index (χ4v) is 3.10. The smallest absolute Gasteiger partial charge is 0.315 e. The van der Waals surface area contributed by atoms with Gasteiger partial charge in [0.2, 0.25) is 5.91 Å². The first-order valence-electron chi connectivity index (χ1n) is 8.76. The molecule has 1 aromatic rings. The van der Waals surface area contributed by atoms with E-state index >= 15 is 0 Å². The third kappa shape index (κ3) is 6.82. The summed E-state index contributed by atoms with van der Waals surface area (Å²) in [6.45, 7) is 0.457. The van der Waals surface area contributed by atoms with E-state index in [9.17, 15) is 9.59 Å². The number of ether oxygens (including phenoxy) is 1. The van der Waals surface area contributed by atoms with Crippen molar-refractivity contribution < 1.29 is 14.3 Å². The average Bonchev–Trinajstić information content (AvgIpc) is 2.60. The van der Waals surface area contributed by atoms with Gasteiger partial charge in [0.25, 0.3) is 0 Å². The molecule has 0 radical (unpaired) electrons. The largest absolute Gasteiger partial charge is 0.495 e. The molecule has 138 valence electrons. The standard InChI is InChI=1S/C18H26ClN3O3/c1-25-16-10-9-13(19)12-15(16)22-17(23)8-5-11-20-18(24)21-14-6-3-2-4-7-14/h9-10,12,14H,2-8,11H2,1H3,(H,22,23)(H2,20,21,24). The predicted molar refractivity (Wildman–Crippen MR) is 99.3 cm³/mol. The molecular weight excluding hydrogens is 342 g/mol. The minimum atomic E-state index is -0.149. The number of hydrogen-bond donors (Lipinski definition) is 3. The van der Waals surface area contributed by atoms with Crippen molar-refractivity contribution >= 4 is 29.2 Å². The Morgan fingerprint density at radius 2 is 2.00 bits per heavy atom. The highest BCUT2D eigenvalue weighted by atomic mass is 35.5. The van der Waals surface area contributed by atoms with Crippen LogP contribution in [0, 0.1) is 0 Å². The quantitative estimate of drug-likeness (QED) is 0.643. The van der Waals surface area contributed by atoms with Crippen molar-refractivity contribution in [3.63, 3.8) is 0 Å². The van der Waals surface area contributed by atoms with Crippen LogP contribution in [-0.2, 0) is 4.79 Å². The molecule has 2 rings (SSSR count). The number of anilines is 1. The molecule has 3 amide bonds. The molecule has 1 aromatic carbocycles. The number of halogens is 1. The third-order valence-electron chi connectivity index (χ3n) is 4.24. The third-order valence-corrected chi connectivity index (χ3v) is 4.48. The molecule has 0 saturated heterocycles. The Morgan fingerprint density at radius 3 is 2.72 bits per heavy atom. The number of rotatable bonds is 7. The van der Waals surface area contributed by atoms with Crippen molar-refractivity contribution in [2.75, 3.05) is 19.0 Å². The molecule has 25 heavy (non-hydrogen) atoms. The van der Waals surface area contributed by atoms with Crippen molar-refractivity contribution in [3.8, 4) is 5.75 Å². The van der Waals surface area contributed by atoms with Crippen molar-refractivity contribution in [2.24, 2.45) is 0 Å². The zero-order valence-corrected chi connectivity index (χ0v) is 15.3. The molecule has 3 N–H and O–H groups in total. The molecule has 0 aliphatic heterocycles. The van der Waals surface area contributed by atoms with Crippen LogP contribution in [0.5, 0.6) is 5.75 Å². The summed E-state index contributed by atoms with van der Waals surface area (Å²) in [6.07, 6.45) is 6.59. The van der Waals surface area contributed by atoms with Gasteiger partial charge >= 0.3 is 6.03 Å². The fraction of sp³-hybridized carbons (Fsp3) is 0.556. The van der Waals surface area contributed by atoms with Crippen LogP contribution in [0.25, 0.3) is 0 Å². The van der Waals surface area contributed by atoms with Crippen molar-refractivity contribution in [1.29, 1.82) is 0 Å². The van der Waals surface area contributed by atoms with E-state index in [4.69, 9.17) is 16.3 Å². The summed E-state index contributed by atoms with van der Waals surface area (Å²) < 4.78 is 5.19. The second kappa shape index (κ2) is 10.1. The molecule has 1 fully saturated rings. The highest BCUT2D eigenvalue weighted by Gasteiger charge is 2.15. The summed E-state index contributed by atoms with van der Waals surface area (Å²) in [4.78, 5) is 23.8. The van der Waals surface area contributed by atoms with Gasteiger partial charge in [0, 0.05) is 24.0 Å². The molecule has 0 atom stereocenters. The molecule has 0 unspecified atom stereocenters. The van der Waals surface area contributed by atoms with Crippen LogP contribution in [0.1, 0.15) is 44.9 Å². The van der Waals surface area contributed by atoms with Crippen LogP contribution in [0.3, 0.4) is 0 Å². The molecular formula is C18H26ClN3O3. The Balaban J connectivity index is 1.65. The Morgan fingerprint density at radius 1 is 1.24 bits per heavy atom. The summed E-state index contributed by atoms with van der Waals surface area (Å²) >= 11 is 5.94. The molecule has 0 heterocycles. The number of hydrogen-bond acceptors (Lipinski definition) is 3. The van der Waals surface area contributed by atoms with Crippen LogP contribution in [0.2, 0.25) is 5.02 Å². The zero-order valence-electron chi connectivity index (χ0n) is 14.6. The van der Waals surface area contributed by atoms with Gasteiger partial charge in [-0.3, -0.25) is 4.79 Å². The number of methoxy groups -OCH3 is 1. The molecule has 1 aliphatic carbocycles. The van der Waals surface area contributed by atoms with E-state index in [1.54, 1.807) is 18.2 Å². The fourth-order valence-electron chi connectivity index (χ4n) is 2.92. The van der Waals surface area contributed by atoms with E-state index in [0.29, 0.717) is 35.8 Å². The summed E-state index contributed by atoms with van der Waals surface area (Å²) in [5, 5.41) is 9.10. The Hall–Kier alpha value is -1.95. The molecule has 0 spiro atoms. The highest BCUT2D eigenvalue weighted by Crippen LogP contribution is 2.27. The first kappa shape index (κ1) is 19.4. The van der Waals surface area contributed by atoms with Gasteiger partial charge in [-0.05, 0) is 37.5 Å². The summed E-state index contributed by atoms with van der Waals surface area (Å²) in [7, 11) is 1.54. The highest BCUT2D eigenvalue weighted by molar-refractivity contribution is 6.31. The van der Waals surface area contributed by atoms with Crippen LogP contribution >= 0.6 is 11.6 Å². The number of urea groups is 1. The molecule has 1 saturated carbocycles. The Kier molecular flexibility index (Phi) is 7.85. The average molecular weight is 368 g/mol. The van der Waals surface area contributed by atoms with Gasteiger partial charge in [-0.15, -0.1) is 0 Å². The van der Waals surface area contributed by atoms with Crippen LogP contribution in [-0.4, -0.2) is 31.6 Å². The van der Waals surface area contributed by atoms with E-state index < -0.39 is 0 Å². The van der Waals surface area contributed by atoms with Crippen molar-refractivity contribution in [1.82, 2.24) is 10.6 Å². The normalized spacial score (nSPS) is 14.6. The second-order valence-corrected chi connectivity index (χ2v) is 6.67. The van der Waals surface area contributed by atoms with Crippen LogP contribution < -0.4 is 20.7 Å². The lowest BCUT2D eigenvalue weighted by Crippen LogP contribution is -2.43. The van der Waals surface area contributed by atoms with E-state index in [-0.39, 0.29) is 18.0 Å². The number of nitrogens with one attached hydrogen (secondary N) is 3. The Labute approximate surface area is 153 Å². The molecule has 0 aromatic heterocycles. The van der Waals surface area contributed by atoms with E-state index in [2.05, 4.69) is 16.0 Å². The second-order valence-electron chi connectivity index (χ2n) is 6.23. The van der Waals surface area contributed by atoms with Gasteiger partial charge in [0.05, 0.1) is 12.8 Å². The summed E-state index contributed by atoms with van der Waals surface area (Å²) in [5.74, 6) is 0.415. The van der Waals surface area contributed by atoms with Gasteiger partial charge in [-0.2, -0.15) is 0 Å². The lowest BCUT2D eigenvalue weighted by atomic mass is 9.96. The minimum absolute atomic E-state index is 0.143. The predicted octanol–water partition coefficient (Wildman–Crippen LogP) is 3.70. The van der Waals surface area contributed by atoms with E-state index in [1.807, 2.05) is 0 Å². The van der Waals surface area contributed by atoms with Gasteiger partial charge < -0.3 is 20.7 Å². The maximum atomic E-state index is 12.0. The Bertz CT molecular complexity index is 589. The van der Waals surface area contributed by atoms with E-state index in [1.165, 1.54) is 26.4 Å². The van der Waals surface area contributed by atoms with Crippen LogP contribution in [0.15, 0.2) is 18.2 Å². The van der Waals surface area contributed by atoms with Crippen LogP contribution in [0.4, 0.5) is 10.5 Å². The van der Waals surface area contributed by atoms with Crippen molar-refractivity contribution in [3.05, 3.63) is 23.2 Å². The molecule has 0 bridgehead atoms. The van der Waals surface area contributed by atoms with E-state index in [0.717, 1.165) is 12.8 Å². The first-order chi connectivity index (χ1) is 12.1. The minimum Gasteiger partial charge on any atom is -0.495 e. The first-order valence-corrected chi connectivity index (χ1v) is 9.14. The van der Waals surface area contributed by atoms with Gasteiger partial charge in [0.1, 0.15) is 5.75 Å². The topological polar surface area (TPSA) is 79.5 Å². The van der Waals surface area contributed by atoms with Gasteiger partial charge in [0.15, 0.2) is 0 Å². The van der Waals surface area contributed by atoms with Crippen molar-refractivity contribution in [2.45, 2.75) is 51.0 Å². The summed E-state index contributed by atoms with van der Waals surface area (Å²) in [6, 6.07) is 5.19. The number of benzene rings is 1. The molecule has 1 aliphatic rings. The van der Waals surface area contributed by atoms with Gasteiger partial charge in [-0.1, -0.05) is 30.9 Å². The SMILES string of the molecule is COc1ccc(Cl)cc1NC(=O)CCCNC(=O)NC1CCCCC1. The molecule has 7 heteroatoms. The molecule has 6 nitrogen and oxygen atoms in total. The number of amides is 3. The zero-order chi connectivity index (χ0) is 18.1. The van der Waals surface area contributed by atoms with Gasteiger partial charge in [-0.25, -0.2) is 4.79 Å². The number of carbonyl (C=O) groups is 2. The summed E-state index contributed by atoms with van der Waals surface area (Å²) in [5.41, 5.74) is 0.544. The maximum Gasteiger partial charge on any atom is 0.315 e. The maximum absolute atomic E-state index is 12.0. The number of carbonyl (C=O) groups excluding carboxylic acids is 2. The monoisotopic (exact) mass is 367 g/mol. The lowest BCUT2D eigenvalue weighted by Gasteiger charge is -2.22. The lowest BCUT2D eigenvalue weighted by molar-refractivity contribution is -0.116.